The minimum Gasteiger partial charge on any atom is -0.337 e. The summed E-state index contributed by atoms with van der Waals surface area (Å²) in [6.45, 7) is 3.64. The zero-order valence-electron chi connectivity index (χ0n) is 10.0. The SMILES string of the molecule is CC1CN(C(=O)c2cc(Cl)nc(NN)c2)CCS1. The molecule has 0 radical (unpaired) electrons. The molecule has 0 aliphatic carbocycles. The Hall–Kier alpha value is -0.980. The zero-order chi connectivity index (χ0) is 13.1. The molecule has 1 aliphatic heterocycles. The number of aromatic nitrogens is 1. The number of nitrogens with zero attached hydrogens (tertiary/aromatic N) is 2. The van der Waals surface area contributed by atoms with Crippen LogP contribution in [-0.2, 0) is 0 Å². The fourth-order valence-electron chi connectivity index (χ4n) is 1.88. The molecule has 1 aliphatic rings. The molecule has 2 heterocycles. The van der Waals surface area contributed by atoms with E-state index in [0.717, 1.165) is 18.8 Å². The second kappa shape index (κ2) is 5.77. The van der Waals surface area contributed by atoms with Crippen molar-refractivity contribution in [2.24, 2.45) is 5.84 Å². The summed E-state index contributed by atoms with van der Waals surface area (Å²) in [6.07, 6.45) is 0. The lowest BCUT2D eigenvalue weighted by molar-refractivity contribution is 0.0763. The number of hydrogen-bond donors (Lipinski definition) is 2. The van der Waals surface area contributed by atoms with Crippen molar-refractivity contribution in [2.75, 3.05) is 24.3 Å². The second-order valence-corrected chi connectivity index (χ2v) is 6.07. The summed E-state index contributed by atoms with van der Waals surface area (Å²) in [5.74, 6) is 6.62. The van der Waals surface area contributed by atoms with Crippen LogP contribution in [0.15, 0.2) is 12.1 Å². The Balaban J connectivity index is 2.19. The van der Waals surface area contributed by atoms with E-state index in [2.05, 4.69) is 17.3 Å². The number of carbonyl (C=O) groups excluding carboxylic acids is 1. The van der Waals surface area contributed by atoms with Gasteiger partial charge in [-0.25, -0.2) is 10.8 Å². The maximum absolute atomic E-state index is 12.3. The molecule has 2 rings (SSSR count). The van der Waals surface area contributed by atoms with Crippen LogP contribution in [0.5, 0.6) is 0 Å². The van der Waals surface area contributed by atoms with Crippen LogP contribution in [0.1, 0.15) is 17.3 Å². The van der Waals surface area contributed by atoms with Crippen molar-refractivity contribution < 1.29 is 4.79 Å². The standard InChI is InChI=1S/C11H15ClN4OS/c1-7-6-16(2-3-18-7)11(17)8-4-9(12)14-10(5-8)15-13/h4-5,7H,2-3,6,13H2,1H3,(H,14,15). The molecule has 0 saturated carbocycles. The Kier molecular flexibility index (Phi) is 4.31. The molecule has 1 aromatic rings. The molecular formula is C11H15ClN4OS. The fourth-order valence-corrected chi connectivity index (χ4v) is 3.10. The number of anilines is 1. The van der Waals surface area contributed by atoms with Gasteiger partial charge in [0, 0.05) is 29.7 Å². The highest BCUT2D eigenvalue weighted by Crippen LogP contribution is 2.21. The number of hydrogen-bond acceptors (Lipinski definition) is 5. The van der Waals surface area contributed by atoms with Crippen molar-refractivity contribution in [3.63, 3.8) is 0 Å². The number of thioether (sulfide) groups is 1. The summed E-state index contributed by atoms with van der Waals surface area (Å²) in [7, 11) is 0. The van der Waals surface area contributed by atoms with Crippen LogP contribution in [0.4, 0.5) is 5.82 Å². The number of nitrogens with two attached hydrogens (primary N) is 1. The number of amides is 1. The van der Waals surface area contributed by atoms with E-state index in [9.17, 15) is 4.79 Å². The van der Waals surface area contributed by atoms with Gasteiger partial charge < -0.3 is 10.3 Å². The Labute approximate surface area is 115 Å². The van der Waals surface area contributed by atoms with Gasteiger partial charge in [0.15, 0.2) is 0 Å². The fraction of sp³-hybridized carbons (Fsp3) is 0.455. The van der Waals surface area contributed by atoms with Crippen molar-refractivity contribution in [1.29, 1.82) is 0 Å². The highest BCUT2D eigenvalue weighted by atomic mass is 35.5. The average molecular weight is 287 g/mol. The number of carbonyl (C=O) groups is 1. The van der Waals surface area contributed by atoms with Crippen molar-refractivity contribution in [2.45, 2.75) is 12.2 Å². The minimum atomic E-state index is -0.0250. The van der Waals surface area contributed by atoms with Gasteiger partial charge >= 0.3 is 0 Å². The third-order valence-corrected chi connectivity index (χ3v) is 4.05. The molecule has 0 aromatic carbocycles. The molecule has 1 amide bonds. The summed E-state index contributed by atoms with van der Waals surface area (Å²) in [4.78, 5) is 18.1. The average Bonchev–Trinajstić information content (AvgIpc) is 2.37. The van der Waals surface area contributed by atoms with Gasteiger partial charge in [-0.05, 0) is 12.1 Å². The van der Waals surface area contributed by atoms with E-state index in [-0.39, 0.29) is 11.1 Å². The Bertz CT molecular complexity index is 457. The molecule has 1 saturated heterocycles. The second-order valence-electron chi connectivity index (χ2n) is 4.14. The number of pyridine rings is 1. The van der Waals surface area contributed by atoms with E-state index in [1.165, 1.54) is 0 Å². The van der Waals surface area contributed by atoms with E-state index in [1.54, 1.807) is 12.1 Å². The lowest BCUT2D eigenvalue weighted by Crippen LogP contribution is -2.41. The van der Waals surface area contributed by atoms with E-state index < -0.39 is 0 Å². The molecule has 98 valence electrons. The van der Waals surface area contributed by atoms with Gasteiger partial charge in [0.05, 0.1) is 0 Å². The molecule has 1 fully saturated rings. The Morgan fingerprint density at radius 3 is 3.11 bits per heavy atom. The van der Waals surface area contributed by atoms with Crippen LogP contribution < -0.4 is 11.3 Å². The third kappa shape index (κ3) is 3.07. The number of nitrogens with one attached hydrogen (secondary N) is 1. The molecule has 7 heteroatoms. The first kappa shape index (κ1) is 13.5. The predicted molar refractivity (Wildman–Crippen MR) is 74.9 cm³/mol. The van der Waals surface area contributed by atoms with Crippen LogP contribution >= 0.6 is 23.4 Å². The minimum absolute atomic E-state index is 0.0250. The van der Waals surface area contributed by atoms with Crippen LogP contribution in [0.3, 0.4) is 0 Å². The number of halogens is 1. The lowest BCUT2D eigenvalue weighted by Gasteiger charge is -2.30. The van der Waals surface area contributed by atoms with Gasteiger partial charge in [-0.1, -0.05) is 18.5 Å². The highest BCUT2D eigenvalue weighted by molar-refractivity contribution is 7.99. The monoisotopic (exact) mass is 286 g/mol. The largest absolute Gasteiger partial charge is 0.337 e. The zero-order valence-corrected chi connectivity index (χ0v) is 11.6. The Morgan fingerprint density at radius 1 is 1.67 bits per heavy atom. The predicted octanol–water partition coefficient (Wildman–Crippen LogP) is 1.60. The van der Waals surface area contributed by atoms with Gasteiger partial charge in [-0.2, -0.15) is 11.8 Å². The summed E-state index contributed by atoms with van der Waals surface area (Å²) in [6, 6.07) is 3.18. The maximum atomic E-state index is 12.3. The lowest BCUT2D eigenvalue weighted by atomic mass is 10.2. The summed E-state index contributed by atoms with van der Waals surface area (Å²) in [5, 5.41) is 0.723. The maximum Gasteiger partial charge on any atom is 0.254 e. The number of nitrogen functional groups attached to an aromatic ring is 1. The number of rotatable bonds is 2. The molecule has 1 aromatic heterocycles. The molecule has 0 spiro atoms. The molecule has 5 nitrogen and oxygen atoms in total. The van der Waals surface area contributed by atoms with Gasteiger partial charge in [0.25, 0.3) is 5.91 Å². The third-order valence-electron chi connectivity index (χ3n) is 2.72. The first-order valence-electron chi connectivity index (χ1n) is 5.65. The van der Waals surface area contributed by atoms with Gasteiger partial charge in [-0.3, -0.25) is 4.79 Å². The normalized spacial score (nSPS) is 19.7. The molecule has 1 atom stereocenters. The van der Waals surface area contributed by atoms with Crippen LogP contribution in [-0.4, -0.2) is 39.9 Å². The summed E-state index contributed by atoms with van der Waals surface area (Å²) < 4.78 is 0. The van der Waals surface area contributed by atoms with E-state index >= 15 is 0 Å². The molecule has 3 N–H and O–H groups in total. The van der Waals surface area contributed by atoms with Crippen LogP contribution in [0.25, 0.3) is 0 Å². The number of hydrazine groups is 1. The first-order chi connectivity index (χ1) is 8.60. The molecule has 18 heavy (non-hydrogen) atoms. The van der Waals surface area contributed by atoms with Crippen molar-refractivity contribution >= 4 is 35.1 Å². The molecular weight excluding hydrogens is 272 g/mol. The molecule has 1 unspecified atom stereocenters. The first-order valence-corrected chi connectivity index (χ1v) is 7.08. The smallest absolute Gasteiger partial charge is 0.254 e. The van der Waals surface area contributed by atoms with Crippen LogP contribution in [0, 0.1) is 0 Å². The van der Waals surface area contributed by atoms with Crippen molar-refractivity contribution in [1.82, 2.24) is 9.88 Å². The van der Waals surface area contributed by atoms with E-state index in [1.807, 2.05) is 16.7 Å². The highest BCUT2D eigenvalue weighted by Gasteiger charge is 2.23. The topological polar surface area (TPSA) is 71.2 Å². The van der Waals surface area contributed by atoms with Crippen molar-refractivity contribution in [3.8, 4) is 0 Å². The van der Waals surface area contributed by atoms with Crippen molar-refractivity contribution in [3.05, 3.63) is 22.8 Å². The van der Waals surface area contributed by atoms with Gasteiger partial charge in [0.1, 0.15) is 11.0 Å². The van der Waals surface area contributed by atoms with Crippen LogP contribution in [0.2, 0.25) is 5.15 Å². The summed E-state index contributed by atoms with van der Waals surface area (Å²) >= 11 is 7.74. The van der Waals surface area contributed by atoms with Gasteiger partial charge in [-0.15, -0.1) is 0 Å². The van der Waals surface area contributed by atoms with E-state index in [4.69, 9.17) is 17.4 Å². The quantitative estimate of drug-likeness (QED) is 0.491. The van der Waals surface area contributed by atoms with E-state index in [0.29, 0.717) is 16.6 Å². The summed E-state index contributed by atoms with van der Waals surface area (Å²) in [5.41, 5.74) is 2.92. The Morgan fingerprint density at radius 2 is 2.44 bits per heavy atom. The van der Waals surface area contributed by atoms with Gasteiger partial charge in [0.2, 0.25) is 0 Å². The molecule has 0 bridgehead atoms.